The Bertz CT molecular complexity index is 343. The number of aromatic hydroxyl groups is 1. The third-order valence-electron chi connectivity index (χ3n) is 3.78. The molecule has 1 unspecified atom stereocenters. The molecule has 2 heteroatoms. The highest BCUT2D eigenvalue weighted by molar-refractivity contribution is 5.25. The molecule has 1 aromatic carbocycles. The van der Waals surface area contributed by atoms with Crippen LogP contribution in [0, 0.1) is 5.92 Å². The van der Waals surface area contributed by atoms with Gasteiger partial charge in [0.2, 0.25) is 0 Å². The standard InChI is InChI=1S/C16H25NO/c1-13(17-12-2-3-14-6-7-14)4-5-15-8-10-16(18)11-9-15/h8-11,13-14,17-18H,2-7,12H2,1H3. The molecule has 2 N–H and O–H groups in total. The van der Waals surface area contributed by atoms with Crippen LogP contribution in [0.1, 0.15) is 44.6 Å². The van der Waals surface area contributed by atoms with Gasteiger partial charge < -0.3 is 10.4 Å². The predicted molar refractivity (Wildman–Crippen MR) is 75.9 cm³/mol. The molecule has 0 aliphatic heterocycles. The van der Waals surface area contributed by atoms with Gasteiger partial charge in [0.1, 0.15) is 5.75 Å². The number of benzene rings is 1. The lowest BCUT2D eigenvalue weighted by Gasteiger charge is -2.13. The summed E-state index contributed by atoms with van der Waals surface area (Å²) in [6.45, 7) is 3.42. The van der Waals surface area contributed by atoms with Crippen molar-refractivity contribution < 1.29 is 5.11 Å². The van der Waals surface area contributed by atoms with Crippen molar-refractivity contribution in [1.29, 1.82) is 0 Å². The molecule has 0 saturated heterocycles. The second-order valence-corrected chi connectivity index (χ2v) is 5.65. The van der Waals surface area contributed by atoms with Gasteiger partial charge in [-0.1, -0.05) is 25.0 Å². The number of hydrogen-bond acceptors (Lipinski definition) is 2. The molecule has 0 bridgehead atoms. The molecule has 0 aromatic heterocycles. The van der Waals surface area contributed by atoms with Crippen molar-refractivity contribution in [3.63, 3.8) is 0 Å². The Morgan fingerprint density at radius 2 is 2.00 bits per heavy atom. The molecule has 100 valence electrons. The molecular formula is C16H25NO. The van der Waals surface area contributed by atoms with Gasteiger partial charge in [0.15, 0.2) is 0 Å². The molecule has 1 aliphatic rings. The van der Waals surface area contributed by atoms with Crippen molar-refractivity contribution in [3.8, 4) is 5.75 Å². The first kappa shape index (κ1) is 13.4. The van der Waals surface area contributed by atoms with Crippen LogP contribution in [0.3, 0.4) is 0 Å². The van der Waals surface area contributed by atoms with Crippen LogP contribution in [-0.4, -0.2) is 17.7 Å². The predicted octanol–water partition coefficient (Wildman–Crippen LogP) is 3.49. The van der Waals surface area contributed by atoms with Crippen molar-refractivity contribution in [3.05, 3.63) is 29.8 Å². The molecule has 1 fully saturated rings. The van der Waals surface area contributed by atoms with E-state index < -0.39 is 0 Å². The molecule has 1 atom stereocenters. The fourth-order valence-corrected chi connectivity index (χ4v) is 2.29. The molecule has 0 spiro atoms. The molecule has 1 saturated carbocycles. The summed E-state index contributed by atoms with van der Waals surface area (Å²) in [4.78, 5) is 0. The second-order valence-electron chi connectivity index (χ2n) is 5.65. The van der Waals surface area contributed by atoms with Crippen molar-refractivity contribution in [2.75, 3.05) is 6.54 Å². The van der Waals surface area contributed by atoms with Gasteiger partial charge in [0.05, 0.1) is 0 Å². The number of hydrogen-bond donors (Lipinski definition) is 2. The fraction of sp³-hybridized carbons (Fsp3) is 0.625. The zero-order valence-corrected chi connectivity index (χ0v) is 11.4. The van der Waals surface area contributed by atoms with Gasteiger partial charge in [0.25, 0.3) is 0 Å². The topological polar surface area (TPSA) is 32.3 Å². The van der Waals surface area contributed by atoms with Crippen LogP contribution >= 0.6 is 0 Å². The number of rotatable bonds is 8. The molecule has 18 heavy (non-hydrogen) atoms. The highest BCUT2D eigenvalue weighted by Crippen LogP contribution is 2.33. The number of phenolic OH excluding ortho intramolecular Hbond substituents is 1. The Balaban J connectivity index is 1.55. The van der Waals surface area contributed by atoms with Crippen LogP contribution in [0.5, 0.6) is 5.75 Å². The summed E-state index contributed by atoms with van der Waals surface area (Å²) in [5.41, 5.74) is 1.31. The molecule has 0 radical (unpaired) electrons. The molecule has 2 nitrogen and oxygen atoms in total. The third kappa shape index (κ3) is 5.09. The van der Waals surface area contributed by atoms with E-state index in [2.05, 4.69) is 12.2 Å². The first-order valence-electron chi connectivity index (χ1n) is 7.25. The Hall–Kier alpha value is -1.02. The Morgan fingerprint density at radius 3 is 2.67 bits per heavy atom. The minimum atomic E-state index is 0.352. The minimum absolute atomic E-state index is 0.352. The summed E-state index contributed by atoms with van der Waals surface area (Å²) in [7, 11) is 0. The first-order chi connectivity index (χ1) is 8.74. The Kier molecular flexibility index (Phi) is 5.06. The van der Waals surface area contributed by atoms with E-state index in [0.717, 1.165) is 25.3 Å². The lowest BCUT2D eigenvalue weighted by atomic mass is 10.1. The summed E-state index contributed by atoms with van der Waals surface area (Å²) >= 11 is 0. The Labute approximate surface area is 110 Å². The largest absolute Gasteiger partial charge is 0.508 e. The number of nitrogens with one attached hydrogen (secondary N) is 1. The van der Waals surface area contributed by atoms with Crippen LogP contribution in [0.4, 0.5) is 0 Å². The van der Waals surface area contributed by atoms with Crippen LogP contribution in [0.2, 0.25) is 0 Å². The molecule has 0 amide bonds. The average Bonchev–Trinajstić information content (AvgIpc) is 3.18. The molecular weight excluding hydrogens is 222 g/mol. The maximum absolute atomic E-state index is 9.21. The maximum atomic E-state index is 9.21. The van der Waals surface area contributed by atoms with Crippen LogP contribution in [-0.2, 0) is 6.42 Å². The summed E-state index contributed by atoms with van der Waals surface area (Å²) in [6.07, 6.45) is 7.92. The molecule has 0 heterocycles. The van der Waals surface area contributed by atoms with Crippen molar-refractivity contribution in [2.24, 2.45) is 5.92 Å². The van der Waals surface area contributed by atoms with E-state index in [1.807, 2.05) is 12.1 Å². The van der Waals surface area contributed by atoms with Crippen molar-refractivity contribution in [2.45, 2.75) is 51.5 Å². The zero-order chi connectivity index (χ0) is 12.8. The minimum Gasteiger partial charge on any atom is -0.508 e. The van der Waals surface area contributed by atoms with E-state index >= 15 is 0 Å². The monoisotopic (exact) mass is 247 g/mol. The fourth-order valence-electron chi connectivity index (χ4n) is 2.29. The van der Waals surface area contributed by atoms with Crippen LogP contribution in [0.15, 0.2) is 24.3 Å². The average molecular weight is 247 g/mol. The third-order valence-corrected chi connectivity index (χ3v) is 3.78. The summed E-state index contributed by atoms with van der Waals surface area (Å²) < 4.78 is 0. The van der Waals surface area contributed by atoms with Gasteiger partial charge in [0, 0.05) is 6.04 Å². The SMILES string of the molecule is CC(CCc1ccc(O)cc1)NCCCC1CC1. The van der Waals surface area contributed by atoms with E-state index in [1.165, 1.54) is 31.2 Å². The van der Waals surface area contributed by atoms with E-state index in [0.29, 0.717) is 11.8 Å². The number of phenols is 1. The van der Waals surface area contributed by atoms with Gasteiger partial charge in [-0.25, -0.2) is 0 Å². The van der Waals surface area contributed by atoms with E-state index in [4.69, 9.17) is 0 Å². The highest BCUT2D eigenvalue weighted by atomic mass is 16.3. The highest BCUT2D eigenvalue weighted by Gasteiger charge is 2.19. The Morgan fingerprint density at radius 1 is 1.28 bits per heavy atom. The lowest BCUT2D eigenvalue weighted by Crippen LogP contribution is -2.27. The van der Waals surface area contributed by atoms with Gasteiger partial charge in [-0.15, -0.1) is 0 Å². The van der Waals surface area contributed by atoms with Crippen molar-refractivity contribution >= 4 is 0 Å². The molecule has 1 aromatic rings. The summed E-state index contributed by atoms with van der Waals surface area (Å²) in [5, 5.41) is 12.8. The van der Waals surface area contributed by atoms with Crippen molar-refractivity contribution in [1.82, 2.24) is 5.32 Å². The molecule has 1 aliphatic carbocycles. The summed E-state index contributed by atoms with van der Waals surface area (Å²) in [6, 6.07) is 8.13. The first-order valence-corrected chi connectivity index (χ1v) is 7.25. The zero-order valence-electron chi connectivity index (χ0n) is 11.4. The smallest absolute Gasteiger partial charge is 0.115 e. The lowest BCUT2D eigenvalue weighted by molar-refractivity contribution is 0.474. The van der Waals surface area contributed by atoms with Gasteiger partial charge in [-0.2, -0.15) is 0 Å². The second kappa shape index (κ2) is 6.79. The summed E-state index contributed by atoms with van der Waals surface area (Å²) in [5.74, 6) is 1.41. The van der Waals surface area contributed by atoms with E-state index in [-0.39, 0.29) is 0 Å². The van der Waals surface area contributed by atoms with Gasteiger partial charge in [-0.3, -0.25) is 0 Å². The maximum Gasteiger partial charge on any atom is 0.115 e. The normalized spacial score (nSPS) is 16.7. The quantitative estimate of drug-likeness (QED) is 0.689. The molecule has 2 rings (SSSR count). The van der Waals surface area contributed by atoms with Gasteiger partial charge >= 0.3 is 0 Å². The van der Waals surface area contributed by atoms with Crippen LogP contribution in [0.25, 0.3) is 0 Å². The van der Waals surface area contributed by atoms with Crippen LogP contribution < -0.4 is 5.32 Å². The van der Waals surface area contributed by atoms with Gasteiger partial charge in [-0.05, 0) is 62.8 Å². The van der Waals surface area contributed by atoms with E-state index in [1.54, 1.807) is 12.1 Å². The van der Waals surface area contributed by atoms with E-state index in [9.17, 15) is 5.11 Å². The number of aryl methyl sites for hydroxylation is 1.